The largest absolute Gasteiger partial charge is 0.497 e. The summed E-state index contributed by atoms with van der Waals surface area (Å²) in [5.41, 5.74) is 44.1. The number of halogens is 1. The molecule has 0 spiro atoms. The maximum absolute atomic E-state index is 14.1. The van der Waals surface area contributed by atoms with Gasteiger partial charge in [-0.3, -0.25) is 33.6 Å². The SMILES string of the molecule is CC(C)Cc1ccc(C(C)CC(N)=O)cc1.CC(CC(N)=O)c1ccc(-c2ccccc2)c(F)c1.CC(CC(N)=O)c1ccc(N2CCOCC2)cc1.CC(CC(N)=O)c1ccc(S(C)(=O)=O)cc1.COc1ccc(C2(CC(C)=O)CCCCC2)cc1.COc1ccc(C2(CC(N)=O)CCCC2)cc1.Cc1ccc2c(c1)CC(CC(N)=O)O2. The van der Waals surface area contributed by atoms with E-state index in [1.807, 2.05) is 107 Å². The summed E-state index contributed by atoms with van der Waals surface area (Å²) in [5.74, 6) is 1.91. The molecular formula is C96H126FN7O13S. The second kappa shape index (κ2) is 47.6. The van der Waals surface area contributed by atoms with Gasteiger partial charge in [0.2, 0.25) is 35.4 Å². The number of carbonyl (C=O) groups excluding carboxylic acids is 7. The van der Waals surface area contributed by atoms with E-state index in [1.54, 1.807) is 51.5 Å². The fraction of sp³-hybridized carbons (Fsp3) is 0.427. The van der Waals surface area contributed by atoms with E-state index in [-0.39, 0.29) is 99.6 Å². The molecule has 22 heteroatoms. The summed E-state index contributed by atoms with van der Waals surface area (Å²) in [6.45, 7) is 19.4. The second-order valence-electron chi connectivity index (χ2n) is 32.3. The van der Waals surface area contributed by atoms with Gasteiger partial charge in [0.1, 0.15) is 35.0 Å². The molecule has 118 heavy (non-hydrogen) atoms. The van der Waals surface area contributed by atoms with E-state index in [1.165, 1.54) is 77.2 Å². The van der Waals surface area contributed by atoms with E-state index >= 15 is 0 Å². The van der Waals surface area contributed by atoms with Crippen LogP contribution in [0.5, 0.6) is 17.2 Å². The molecule has 8 aromatic rings. The lowest BCUT2D eigenvalue weighted by atomic mass is 9.67. The average molecular weight is 1640 g/mol. The van der Waals surface area contributed by atoms with E-state index in [2.05, 4.69) is 97.6 Å². The van der Waals surface area contributed by atoms with Gasteiger partial charge in [-0.05, 0) is 186 Å². The van der Waals surface area contributed by atoms with Gasteiger partial charge < -0.3 is 58.2 Å². The Morgan fingerprint density at radius 1 is 0.508 bits per heavy atom. The van der Waals surface area contributed by atoms with Crippen LogP contribution in [0, 0.1) is 18.7 Å². The van der Waals surface area contributed by atoms with Crippen LogP contribution in [0.25, 0.3) is 11.1 Å². The summed E-state index contributed by atoms with van der Waals surface area (Å²) in [7, 11) is 0.178. The van der Waals surface area contributed by atoms with E-state index in [4.69, 9.17) is 53.3 Å². The molecule has 5 unspecified atom stereocenters. The van der Waals surface area contributed by atoms with Gasteiger partial charge in [-0.25, -0.2) is 12.8 Å². The number of sulfone groups is 1. The highest BCUT2D eigenvalue weighted by atomic mass is 32.2. The Hall–Kier alpha value is -10.7. The lowest BCUT2D eigenvalue weighted by Crippen LogP contribution is -2.36. The van der Waals surface area contributed by atoms with Crippen LogP contribution in [0.4, 0.5) is 10.1 Å². The number of rotatable bonds is 27. The van der Waals surface area contributed by atoms with E-state index < -0.39 is 9.84 Å². The number of fused-ring (bicyclic) bond motifs is 1. The molecule has 0 radical (unpaired) electrons. The number of ketones is 1. The van der Waals surface area contributed by atoms with Gasteiger partial charge >= 0.3 is 0 Å². The molecule has 8 aromatic carbocycles. The quantitative estimate of drug-likeness (QED) is 0.0279. The minimum Gasteiger partial charge on any atom is -0.497 e. The zero-order valence-electron chi connectivity index (χ0n) is 70.9. The number of benzene rings is 8. The number of amides is 6. The van der Waals surface area contributed by atoms with Crippen LogP contribution in [-0.2, 0) is 71.8 Å². The van der Waals surface area contributed by atoms with Gasteiger partial charge in [-0.15, -0.1) is 0 Å². The fourth-order valence-electron chi connectivity index (χ4n) is 15.6. The molecule has 2 aliphatic heterocycles. The number of aryl methyl sites for hydroxylation is 1. The van der Waals surface area contributed by atoms with Gasteiger partial charge in [-0.1, -0.05) is 207 Å². The summed E-state index contributed by atoms with van der Waals surface area (Å²) in [5, 5.41) is 0. The van der Waals surface area contributed by atoms with Crippen molar-refractivity contribution in [2.75, 3.05) is 51.7 Å². The summed E-state index contributed by atoms with van der Waals surface area (Å²) in [6.07, 6.45) is 16.3. The molecule has 1 saturated heterocycles. The standard InChI is InChI=1S/C16H16FNO.C16H22O2.C14H20N2O2.C14H19NO2.C14H21NO.C11H15NO3S.C11H13NO2/c1-11(9-16(18)19)13-7-8-14(15(17)10-13)12-5-3-2-4-6-12;1-13(17)12-16(10-4-3-5-11-16)14-6-8-15(18-2)9-7-14;1-11(10-14(15)17)12-2-4-13(5-3-12)16-6-8-18-9-7-16;1-17-12-6-4-11(5-7-12)14(10-13(15)16)8-2-3-9-14;1-10(2)8-12-4-6-13(7-5-12)11(3)9-14(15)16;1-8(7-11(12)13)9-3-5-10(6-4-9)16(2,14)15;1-7-2-3-10-8(4-7)5-9(14-10)6-11(12)13/h2-8,10-11H,9H2,1H3,(H2,18,19);6-9H,3-5,10-12H2,1-2H3;2-5,11H,6-10H2,1H3,(H2,15,17);4-7H,2-3,8-10H2,1H3,(H2,15,16);4-7,10-11H,8-9H2,1-3H3,(H2,15,16);3-6,8H,7H2,1-2H3,(H2,12,13);2-4,9H,5-6H2,1H3,(H2,12,13). The highest BCUT2D eigenvalue weighted by Crippen LogP contribution is 2.45. The molecule has 636 valence electrons. The Bertz CT molecular complexity index is 4610. The third-order valence-corrected chi connectivity index (χ3v) is 23.0. The summed E-state index contributed by atoms with van der Waals surface area (Å²) < 4.78 is 57.8. The van der Waals surface area contributed by atoms with E-state index in [9.17, 15) is 46.4 Å². The zero-order valence-corrected chi connectivity index (χ0v) is 71.7. The second-order valence-corrected chi connectivity index (χ2v) is 34.3. The molecule has 20 nitrogen and oxygen atoms in total. The van der Waals surface area contributed by atoms with Gasteiger partial charge in [0.25, 0.3) is 0 Å². The van der Waals surface area contributed by atoms with Gasteiger partial charge in [0.15, 0.2) is 9.84 Å². The number of hydrogen-bond acceptors (Lipinski definition) is 14. The molecule has 3 fully saturated rings. The molecule has 2 aliphatic carbocycles. The highest BCUT2D eigenvalue weighted by Gasteiger charge is 2.38. The molecule has 4 aliphatic rings. The normalized spacial score (nSPS) is 15.8. The van der Waals surface area contributed by atoms with Crippen molar-refractivity contribution < 1.29 is 65.3 Å². The minimum atomic E-state index is -3.16. The summed E-state index contributed by atoms with van der Waals surface area (Å²) >= 11 is 0. The monoisotopic (exact) mass is 1640 g/mol. The molecular weight excluding hydrogens is 1510 g/mol. The minimum absolute atomic E-state index is 0.00566. The Morgan fingerprint density at radius 3 is 1.36 bits per heavy atom. The fourth-order valence-corrected chi connectivity index (χ4v) is 16.2. The number of Topliss-reactive ketones (excluding diaryl/α,β-unsaturated/α-hetero) is 1. The van der Waals surface area contributed by atoms with Crippen molar-refractivity contribution in [3.05, 3.63) is 244 Å². The first-order valence-corrected chi connectivity index (χ1v) is 42.8. The van der Waals surface area contributed by atoms with Crippen molar-refractivity contribution in [2.24, 2.45) is 40.3 Å². The van der Waals surface area contributed by atoms with Crippen LogP contribution in [0.1, 0.15) is 225 Å². The molecule has 12 N–H and O–H groups in total. The topological polar surface area (TPSA) is 350 Å². The van der Waals surface area contributed by atoms with Crippen molar-refractivity contribution in [3.8, 4) is 28.4 Å². The molecule has 6 amide bonds. The van der Waals surface area contributed by atoms with Crippen LogP contribution < -0.4 is 53.5 Å². The summed E-state index contributed by atoms with van der Waals surface area (Å²) in [6, 6.07) is 60.2. The molecule has 2 heterocycles. The Labute approximate surface area is 699 Å². The number of primary amides is 6. The molecule has 12 rings (SSSR count). The molecule has 5 atom stereocenters. The smallest absolute Gasteiger partial charge is 0.221 e. The lowest BCUT2D eigenvalue weighted by molar-refractivity contribution is -0.120. The Balaban J connectivity index is 0.000000214. The highest BCUT2D eigenvalue weighted by molar-refractivity contribution is 7.90. The number of ether oxygens (including phenoxy) is 4. The molecule has 0 aromatic heterocycles. The lowest BCUT2D eigenvalue weighted by Gasteiger charge is -2.37. The van der Waals surface area contributed by atoms with Gasteiger partial charge in [-0.2, -0.15) is 0 Å². The predicted octanol–water partition coefficient (Wildman–Crippen LogP) is 16.3. The Kier molecular flexibility index (Phi) is 38.8. The van der Waals surface area contributed by atoms with Crippen molar-refractivity contribution in [3.63, 3.8) is 0 Å². The van der Waals surface area contributed by atoms with Crippen LogP contribution in [0.15, 0.2) is 193 Å². The number of anilines is 1. The number of nitrogens with zero attached hydrogens (tertiary/aromatic N) is 1. The van der Waals surface area contributed by atoms with Gasteiger partial charge in [0, 0.05) is 86.4 Å². The van der Waals surface area contributed by atoms with Crippen molar-refractivity contribution >= 4 is 56.8 Å². The van der Waals surface area contributed by atoms with Gasteiger partial charge in [0.05, 0.1) is 38.7 Å². The first kappa shape index (κ1) is 96.1. The average Bonchev–Trinajstić information content (AvgIpc) is 1.73. The van der Waals surface area contributed by atoms with Crippen molar-refractivity contribution in [1.29, 1.82) is 0 Å². The number of methoxy groups -OCH3 is 2. The van der Waals surface area contributed by atoms with E-state index in [0.717, 1.165) is 111 Å². The van der Waals surface area contributed by atoms with Crippen LogP contribution in [0.3, 0.4) is 0 Å². The maximum Gasteiger partial charge on any atom is 0.221 e. The maximum atomic E-state index is 14.1. The Morgan fingerprint density at radius 2 is 0.941 bits per heavy atom. The number of morpholine rings is 1. The third kappa shape index (κ3) is 32.3. The first-order chi connectivity index (χ1) is 56.0. The molecule has 0 bridgehead atoms. The van der Waals surface area contributed by atoms with E-state index in [0.29, 0.717) is 49.4 Å². The van der Waals surface area contributed by atoms with Crippen LogP contribution in [0.2, 0.25) is 0 Å². The van der Waals surface area contributed by atoms with Crippen LogP contribution >= 0.6 is 0 Å². The first-order valence-electron chi connectivity index (χ1n) is 40.9. The molecule has 2 saturated carbocycles. The number of nitrogens with two attached hydrogens (primary N) is 6. The number of carbonyl (C=O) groups is 7. The summed E-state index contributed by atoms with van der Waals surface area (Å²) in [4.78, 5) is 79.5. The van der Waals surface area contributed by atoms with Crippen molar-refractivity contribution in [1.82, 2.24) is 0 Å². The van der Waals surface area contributed by atoms with Crippen LogP contribution in [-0.4, -0.2) is 103 Å². The third-order valence-electron chi connectivity index (χ3n) is 21.8. The number of hydrogen-bond donors (Lipinski definition) is 6. The zero-order chi connectivity index (χ0) is 86.7. The predicted molar refractivity (Wildman–Crippen MR) is 468 cm³/mol. The van der Waals surface area contributed by atoms with Crippen molar-refractivity contribution in [2.45, 2.75) is 216 Å².